The van der Waals surface area contributed by atoms with Crippen LogP contribution in [0.4, 0.5) is 18.9 Å². The first-order valence-electron chi connectivity index (χ1n) is 6.56. The summed E-state index contributed by atoms with van der Waals surface area (Å²) in [5, 5.41) is 2.02. The maximum Gasteiger partial charge on any atom is 0.497 e. The standard InChI is InChI=1S/C13H16BF3N2O2S/c1-12(2)13(3,4)21-14(20-12)6-5-7(15)8(16)9(17)10(6)19-11(18)22/h5H,1-4H3,(H3,18,19,22). The van der Waals surface area contributed by atoms with E-state index in [2.05, 4.69) is 17.5 Å². The zero-order valence-corrected chi connectivity index (χ0v) is 13.4. The lowest BCUT2D eigenvalue weighted by atomic mass is 9.77. The molecule has 0 saturated carbocycles. The zero-order valence-electron chi connectivity index (χ0n) is 12.6. The molecule has 3 N–H and O–H groups in total. The van der Waals surface area contributed by atoms with Gasteiger partial charge in [-0.3, -0.25) is 0 Å². The summed E-state index contributed by atoms with van der Waals surface area (Å²) in [6, 6.07) is 0.807. The fourth-order valence-electron chi connectivity index (χ4n) is 2.02. The Morgan fingerprint density at radius 2 is 1.64 bits per heavy atom. The molecule has 2 rings (SSSR count). The molecule has 1 heterocycles. The highest BCUT2D eigenvalue weighted by Gasteiger charge is 2.52. The van der Waals surface area contributed by atoms with Crippen LogP contribution in [0.1, 0.15) is 27.7 Å². The van der Waals surface area contributed by atoms with Crippen molar-refractivity contribution in [1.82, 2.24) is 0 Å². The lowest BCUT2D eigenvalue weighted by Gasteiger charge is -2.32. The number of hydrogen-bond acceptors (Lipinski definition) is 3. The second kappa shape index (κ2) is 5.40. The molecule has 0 spiro atoms. The minimum Gasteiger partial charge on any atom is -0.399 e. The molecule has 1 aromatic rings. The molecule has 0 aromatic heterocycles. The number of rotatable bonds is 2. The average Bonchev–Trinajstić information content (AvgIpc) is 2.58. The van der Waals surface area contributed by atoms with Crippen molar-refractivity contribution in [1.29, 1.82) is 0 Å². The van der Waals surface area contributed by atoms with Crippen molar-refractivity contribution in [3.63, 3.8) is 0 Å². The Labute approximate surface area is 132 Å². The third-order valence-electron chi connectivity index (χ3n) is 3.95. The second-order valence-electron chi connectivity index (χ2n) is 6.03. The Kier molecular flexibility index (Phi) is 4.18. The molecular weight excluding hydrogens is 316 g/mol. The van der Waals surface area contributed by atoms with Gasteiger partial charge in [0.25, 0.3) is 0 Å². The van der Waals surface area contributed by atoms with E-state index in [1.807, 2.05) is 0 Å². The molecule has 1 aliphatic rings. The first-order chi connectivity index (χ1) is 9.96. The molecule has 1 aliphatic heterocycles. The van der Waals surface area contributed by atoms with E-state index in [0.29, 0.717) is 0 Å². The van der Waals surface area contributed by atoms with Crippen LogP contribution in [0.25, 0.3) is 0 Å². The maximum absolute atomic E-state index is 14.0. The lowest BCUT2D eigenvalue weighted by Crippen LogP contribution is -2.41. The van der Waals surface area contributed by atoms with Gasteiger partial charge in [-0.05, 0) is 46.0 Å². The highest BCUT2D eigenvalue weighted by molar-refractivity contribution is 7.80. The van der Waals surface area contributed by atoms with E-state index < -0.39 is 41.5 Å². The first-order valence-corrected chi connectivity index (χ1v) is 6.96. The molecule has 1 aromatic carbocycles. The smallest absolute Gasteiger partial charge is 0.399 e. The van der Waals surface area contributed by atoms with E-state index in [1.165, 1.54) is 0 Å². The highest BCUT2D eigenvalue weighted by atomic mass is 32.1. The number of anilines is 1. The Balaban J connectivity index is 2.54. The van der Waals surface area contributed by atoms with Crippen LogP contribution in [-0.2, 0) is 9.31 Å². The summed E-state index contributed by atoms with van der Waals surface area (Å²) in [6.45, 7) is 7.13. The van der Waals surface area contributed by atoms with Crippen molar-refractivity contribution >= 4 is 35.6 Å². The molecular formula is C13H16BF3N2O2S. The van der Waals surface area contributed by atoms with E-state index >= 15 is 0 Å². The molecule has 1 fully saturated rings. The minimum absolute atomic E-state index is 0.0529. The van der Waals surface area contributed by atoms with Gasteiger partial charge in [0.2, 0.25) is 0 Å². The largest absolute Gasteiger partial charge is 0.497 e. The molecule has 0 unspecified atom stereocenters. The second-order valence-corrected chi connectivity index (χ2v) is 6.47. The minimum atomic E-state index is -1.63. The number of nitrogens with two attached hydrogens (primary N) is 1. The summed E-state index contributed by atoms with van der Waals surface area (Å²) < 4.78 is 52.5. The number of nitrogens with one attached hydrogen (secondary N) is 1. The van der Waals surface area contributed by atoms with Gasteiger partial charge in [-0.15, -0.1) is 0 Å². The molecule has 0 aliphatic carbocycles. The van der Waals surface area contributed by atoms with Crippen LogP contribution in [0.5, 0.6) is 0 Å². The molecule has 9 heteroatoms. The maximum atomic E-state index is 14.0. The van der Waals surface area contributed by atoms with Crippen LogP contribution in [-0.4, -0.2) is 23.4 Å². The molecule has 22 heavy (non-hydrogen) atoms. The van der Waals surface area contributed by atoms with Crippen molar-refractivity contribution in [2.45, 2.75) is 38.9 Å². The molecule has 0 amide bonds. The number of thiocarbonyl (C=S) groups is 1. The normalized spacial score (nSPS) is 19.3. The van der Waals surface area contributed by atoms with Crippen LogP contribution in [0, 0.1) is 17.5 Å². The van der Waals surface area contributed by atoms with Gasteiger partial charge in [0.15, 0.2) is 22.6 Å². The summed E-state index contributed by atoms with van der Waals surface area (Å²) in [7, 11) is -1.09. The predicted molar refractivity (Wildman–Crippen MR) is 82.4 cm³/mol. The summed E-state index contributed by atoms with van der Waals surface area (Å²) >= 11 is 4.64. The average molecular weight is 332 g/mol. The molecule has 0 bridgehead atoms. The predicted octanol–water partition coefficient (Wildman–Crippen LogP) is 2.06. The van der Waals surface area contributed by atoms with Crippen molar-refractivity contribution in [3.05, 3.63) is 23.5 Å². The summed E-state index contributed by atoms with van der Waals surface area (Å²) in [5.74, 6) is -4.41. The molecule has 1 saturated heterocycles. The van der Waals surface area contributed by atoms with Gasteiger partial charge in [-0.1, -0.05) is 0 Å². The van der Waals surface area contributed by atoms with E-state index in [0.717, 1.165) is 6.07 Å². The molecule has 4 nitrogen and oxygen atoms in total. The van der Waals surface area contributed by atoms with Crippen LogP contribution < -0.4 is 16.5 Å². The Hall–Kier alpha value is -1.32. The van der Waals surface area contributed by atoms with Gasteiger partial charge in [0, 0.05) is 5.46 Å². The third kappa shape index (κ3) is 2.80. The molecule has 0 atom stereocenters. The van der Waals surface area contributed by atoms with Crippen molar-refractivity contribution < 1.29 is 22.5 Å². The van der Waals surface area contributed by atoms with Crippen LogP contribution in [0.15, 0.2) is 6.07 Å². The summed E-state index contributed by atoms with van der Waals surface area (Å²) in [5.41, 5.74) is 3.41. The van der Waals surface area contributed by atoms with E-state index in [1.54, 1.807) is 27.7 Å². The van der Waals surface area contributed by atoms with Gasteiger partial charge in [-0.25, -0.2) is 13.2 Å². The van der Waals surface area contributed by atoms with Gasteiger partial charge in [0.05, 0.1) is 16.9 Å². The van der Waals surface area contributed by atoms with Crippen molar-refractivity contribution in [3.8, 4) is 0 Å². The highest BCUT2D eigenvalue weighted by Crippen LogP contribution is 2.37. The summed E-state index contributed by atoms with van der Waals surface area (Å²) in [6.07, 6.45) is 0. The number of hydrogen-bond donors (Lipinski definition) is 2. The fraction of sp³-hybridized carbons (Fsp3) is 0.462. The fourth-order valence-corrected chi connectivity index (χ4v) is 2.12. The van der Waals surface area contributed by atoms with Crippen LogP contribution in [0.2, 0.25) is 0 Å². The Morgan fingerprint density at radius 1 is 1.14 bits per heavy atom. The number of benzene rings is 1. The van der Waals surface area contributed by atoms with Gasteiger partial charge >= 0.3 is 7.12 Å². The van der Waals surface area contributed by atoms with Crippen molar-refractivity contribution in [2.75, 3.05) is 5.32 Å². The SMILES string of the molecule is CC1(C)OB(c2cc(F)c(F)c(F)c2NC(N)=S)OC1(C)C. The topological polar surface area (TPSA) is 56.5 Å². The first kappa shape index (κ1) is 17.0. The van der Waals surface area contributed by atoms with Gasteiger partial charge < -0.3 is 20.4 Å². The van der Waals surface area contributed by atoms with Crippen LogP contribution >= 0.6 is 12.2 Å². The van der Waals surface area contributed by atoms with E-state index in [4.69, 9.17) is 15.0 Å². The van der Waals surface area contributed by atoms with Gasteiger partial charge in [0.1, 0.15) is 0 Å². The third-order valence-corrected chi connectivity index (χ3v) is 4.05. The monoisotopic (exact) mass is 332 g/mol. The Bertz CT molecular complexity index is 624. The quantitative estimate of drug-likeness (QED) is 0.493. The van der Waals surface area contributed by atoms with Crippen LogP contribution in [0.3, 0.4) is 0 Å². The zero-order chi connectivity index (χ0) is 16.9. The Morgan fingerprint density at radius 3 is 2.09 bits per heavy atom. The van der Waals surface area contributed by atoms with Crippen molar-refractivity contribution in [2.24, 2.45) is 5.73 Å². The van der Waals surface area contributed by atoms with Gasteiger partial charge in [-0.2, -0.15) is 0 Å². The number of halogens is 3. The lowest BCUT2D eigenvalue weighted by molar-refractivity contribution is 0.00578. The summed E-state index contributed by atoms with van der Waals surface area (Å²) in [4.78, 5) is 0. The molecule has 120 valence electrons. The van der Waals surface area contributed by atoms with E-state index in [9.17, 15) is 13.2 Å². The van der Waals surface area contributed by atoms with E-state index in [-0.39, 0.29) is 10.6 Å². The molecule has 0 radical (unpaired) electrons.